The Kier molecular flexibility index (Phi) is 3.84. The Hall–Kier alpha value is -1.84. The zero-order valence-corrected chi connectivity index (χ0v) is 12.4. The number of ether oxygens (including phenoxy) is 2. The van der Waals surface area contributed by atoms with Crippen LogP contribution in [0.3, 0.4) is 0 Å². The quantitative estimate of drug-likeness (QED) is 0.779. The molecular weight excluding hydrogens is 256 g/mol. The van der Waals surface area contributed by atoms with Crippen LogP contribution < -0.4 is 4.74 Å². The number of benzene rings is 1. The lowest BCUT2D eigenvalue weighted by molar-refractivity contribution is -0.155. The molecule has 0 radical (unpaired) electrons. The van der Waals surface area contributed by atoms with Crippen LogP contribution in [0, 0.1) is 12.8 Å². The summed E-state index contributed by atoms with van der Waals surface area (Å²) in [6, 6.07) is 5.47. The molecule has 0 amide bonds. The van der Waals surface area contributed by atoms with Gasteiger partial charge in [-0.15, -0.1) is 0 Å². The van der Waals surface area contributed by atoms with Gasteiger partial charge in [0.05, 0.1) is 24.5 Å². The van der Waals surface area contributed by atoms with Crippen molar-refractivity contribution in [2.24, 2.45) is 5.92 Å². The van der Waals surface area contributed by atoms with Gasteiger partial charge in [-0.2, -0.15) is 0 Å². The number of para-hydroxylation sites is 1. The summed E-state index contributed by atoms with van der Waals surface area (Å²) in [5.74, 6) is -0.228. The van der Waals surface area contributed by atoms with Gasteiger partial charge in [-0.05, 0) is 39.3 Å². The van der Waals surface area contributed by atoms with E-state index in [0.29, 0.717) is 11.3 Å². The second-order valence-corrected chi connectivity index (χ2v) is 6.11. The summed E-state index contributed by atoms with van der Waals surface area (Å²) in [6.07, 6.45) is 0.0590. The van der Waals surface area contributed by atoms with Crippen molar-refractivity contribution in [3.05, 3.63) is 29.3 Å². The molecule has 1 atom stereocenters. The monoisotopic (exact) mass is 276 g/mol. The summed E-state index contributed by atoms with van der Waals surface area (Å²) in [4.78, 5) is 24.2. The number of fused-ring (bicyclic) bond motifs is 1. The Labute approximate surface area is 119 Å². The third kappa shape index (κ3) is 3.18. The van der Waals surface area contributed by atoms with Crippen molar-refractivity contribution in [2.45, 2.75) is 39.7 Å². The summed E-state index contributed by atoms with van der Waals surface area (Å²) in [6.45, 7) is 7.56. The number of ketones is 1. The Morgan fingerprint density at radius 3 is 2.75 bits per heavy atom. The molecule has 0 aliphatic carbocycles. The van der Waals surface area contributed by atoms with Gasteiger partial charge in [-0.3, -0.25) is 9.59 Å². The number of hydrogen-bond donors (Lipinski definition) is 0. The second-order valence-electron chi connectivity index (χ2n) is 6.11. The van der Waals surface area contributed by atoms with Crippen molar-refractivity contribution >= 4 is 11.8 Å². The molecule has 0 spiro atoms. The van der Waals surface area contributed by atoms with Gasteiger partial charge >= 0.3 is 5.97 Å². The molecular formula is C16H20O4. The van der Waals surface area contributed by atoms with E-state index in [1.165, 1.54) is 0 Å². The summed E-state index contributed by atoms with van der Waals surface area (Å²) >= 11 is 0. The van der Waals surface area contributed by atoms with Gasteiger partial charge in [0.25, 0.3) is 0 Å². The molecule has 1 unspecified atom stereocenters. The average Bonchev–Trinajstić information content (AvgIpc) is 2.31. The van der Waals surface area contributed by atoms with E-state index in [-0.39, 0.29) is 24.8 Å². The summed E-state index contributed by atoms with van der Waals surface area (Å²) in [5, 5.41) is 0. The fraction of sp³-hybridized carbons (Fsp3) is 0.500. The van der Waals surface area contributed by atoms with E-state index in [1.54, 1.807) is 6.07 Å². The maximum Gasteiger partial charge on any atom is 0.307 e. The SMILES string of the molecule is Cc1cccc2c1OCC(CC(=O)OC(C)(C)C)C2=O. The van der Waals surface area contributed by atoms with Crippen LogP contribution in [-0.4, -0.2) is 24.0 Å². The highest BCUT2D eigenvalue weighted by molar-refractivity contribution is 6.03. The molecule has 0 fully saturated rings. The standard InChI is InChI=1S/C16H20O4/c1-10-6-5-7-12-14(18)11(9-19-15(10)12)8-13(17)20-16(2,3)4/h5-7,11H,8-9H2,1-4H3. The van der Waals surface area contributed by atoms with E-state index in [9.17, 15) is 9.59 Å². The first-order valence-corrected chi connectivity index (χ1v) is 6.76. The normalized spacial score (nSPS) is 18.2. The Morgan fingerprint density at radius 2 is 2.10 bits per heavy atom. The molecule has 1 aliphatic heterocycles. The minimum atomic E-state index is -0.538. The molecule has 1 aromatic rings. The van der Waals surface area contributed by atoms with Gasteiger partial charge in [0.1, 0.15) is 11.4 Å². The number of hydrogen-bond acceptors (Lipinski definition) is 4. The van der Waals surface area contributed by atoms with Gasteiger partial charge in [0.2, 0.25) is 0 Å². The number of rotatable bonds is 2. The van der Waals surface area contributed by atoms with Crippen LogP contribution in [0.4, 0.5) is 0 Å². The molecule has 0 aromatic heterocycles. The van der Waals surface area contributed by atoms with E-state index in [4.69, 9.17) is 9.47 Å². The summed E-state index contributed by atoms with van der Waals surface area (Å²) < 4.78 is 10.9. The highest BCUT2D eigenvalue weighted by Gasteiger charge is 2.32. The highest BCUT2D eigenvalue weighted by Crippen LogP contribution is 2.31. The van der Waals surface area contributed by atoms with Gasteiger partial charge in [0.15, 0.2) is 5.78 Å². The average molecular weight is 276 g/mol. The first kappa shape index (κ1) is 14.6. The predicted octanol–water partition coefficient (Wildman–Crippen LogP) is 2.92. The van der Waals surface area contributed by atoms with Crippen LogP contribution in [0.2, 0.25) is 0 Å². The van der Waals surface area contributed by atoms with E-state index >= 15 is 0 Å². The fourth-order valence-corrected chi connectivity index (χ4v) is 2.25. The van der Waals surface area contributed by atoms with E-state index in [1.807, 2.05) is 39.8 Å². The smallest absolute Gasteiger partial charge is 0.307 e. The molecule has 0 bridgehead atoms. The number of carbonyl (C=O) groups excluding carboxylic acids is 2. The highest BCUT2D eigenvalue weighted by atomic mass is 16.6. The minimum Gasteiger partial charge on any atom is -0.492 e. The van der Waals surface area contributed by atoms with Crippen molar-refractivity contribution < 1.29 is 19.1 Å². The van der Waals surface area contributed by atoms with Crippen LogP contribution in [0.1, 0.15) is 43.1 Å². The molecule has 0 saturated heterocycles. The van der Waals surface area contributed by atoms with Crippen molar-refractivity contribution in [3.63, 3.8) is 0 Å². The second kappa shape index (κ2) is 5.27. The third-order valence-corrected chi connectivity index (χ3v) is 3.11. The van der Waals surface area contributed by atoms with E-state index < -0.39 is 11.5 Å². The maximum atomic E-state index is 12.4. The zero-order valence-electron chi connectivity index (χ0n) is 12.4. The van der Waals surface area contributed by atoms with Crippen LogP contribution in [-0.2, 0) is 9.53 Å². The van der Waals surface area contributed by atoms with Crippen LogP contribution >= 0.6 is 0 Å². The van der Waals surface area contributed by atoms with E-state index in [0.717, 1.165) is 5.56 Å². The van der Waals surface area contributed by atoms with Crippen molar-refractivity contribution in [2.75, 3.05) is 6.61 Å². The summed E-state index contributed by atoms with van der Waals surface area (Å²) in [7, 11) is 0. The molecule has 4 heteroatoms. The maximum absolute atomic E-state index is 12.4. The number of carbonyl (C=O) groups is 2. The lowest BCUT2D eigenvalue weighted by Crippen LogP contribution is -2.33. The third-order valence-electron chi connectivity index (χ3n) is 3.11. The van der Waals surface area contributed by atoms with Crippen LogP contribution in [0.15, 0.2) is 18.2 Å². The topological polar surface area (TPSA) is 52.6 Å². The van der Waals surface area contributed by atoms with Crippen LogP contribution in [0.25, 0.3) is 0 Å². The molecule has 0 saturated carbocycles. The first-order valence-electron chi connectivity index (χ1n) is 6.76. The van der Waals surface area contributed by atoms with Gasteiger partial charge in [-0.25, -0.2) is 0 Å². The lowest BCUT2D eigenvalue weighted by atomic mass is 9.91. The van der Waals surface area contributed by atoms with Gasteiger partial charge in [-0.1, -0.05) is 12.1 Å². The number of Topliss-reactive ketones (excluding diaryl/α,β-unsaturated/α-hetero) is 1. The predicted molar refractivity (Wildman–Crippen MR) is 75.0 cm³/mol. The fourth-order valence-electron chi connectivity index (χ4n) is 2.25. The Morgan fingerprint density at radius 1 is 1.40 bits per heavy atom. The largest absolute Gasteiger partial charge is 0.492 e. The van der Waals surface area contributed by atoms with Crippen molar-refractivity contribution in [3.8, 4) is 5.75 Å². The molecule has 2 rings (SSSR count). The molecule has 1 aromatic carbocycles. The Balaban J connectivity index is 2.10. The van der Waals surface area contributed by atoms with Crippen LogP contribution in [0.5, 0.6) is 5.75 Å². The first-order chi connectivity index (χ1) is 9.28. The lowest BCUT2D eigenvalue weighted by Gasteiger charge is -2.26. The molecule has 0 N–H and O–H groups in total. The minimum absolute atomic E-state index is 0.0409. The number of esters is 1. The molecule has 108 valence electrons. The Bertz CT molecular complexity index is 540. The molecule has 1 heterocycles. The van der Waals surface area contributed by atoms with Crippen molar-refractivity contribution in [1.29, 1.82) is 0 Å². The summed E-state index contributed by atoms with van der Waals surface area (Å²) in [5.41, 5.74) is 0.959. The van der Waals surface area contributed by atoms with E-state index in [2.05, 4.69) is 0 Å². The van der Waals surface area contributed by atoms with Gasteiger partial charge < -0.3 is 9.47 Å². The zero-order chi connectivity index (χ0) is 14.9. The molecule has 4 nitrogen and oxygen atoms in total. The molecule has 20 heavy (non-hydrogen) atoms. The van der Waals surface area contributed by atoms with Gasteiger partial charge in [0, 0.05) is 0 Å². The number of aryl methyl sites for hydroxylation is 1. The molecule has 1 aliphatic rings. The van der Waals surface area contributed by atoms with Crippen molar-refractivity contribution in [1.82, 2.24) is 0 Å².